The van der Waals surface area contributed by atoms with E-state index >= 15 is 0 Å². The monoisotopic (exact) mass is 267 g/mol. The molecule has 3 nitrogen and oxygen atoms in total. The summed E-state index contributed by atoms with van der Waals surface area (Å²) in [6.45, 7) is 4.03. The summed E-state index contributed by atoms with van der Waals surface area (Å²) in [5, 5.41) is 3.08. The van der Waals surface area contributed by atoms with Crippen LogP contribution < -0.4 is 5.32 Å². The Morgan fingerprint density at radius 3 is 2.28 bits per heavy atom. The number of hydrogen-bond acceptors (Lipinski definition) is 3. The Hall–Kier alpha value is -0.870. The lowest BCUT2D eigenvalue weighted by atomic mass is 10.1. The largest absolute Gasteiger partial charge is 0.312 e. The van der Waals surface area contributed by atoms with Gasteiger partial charge in [0.2, 0.25) is 0 Å². The Morgan fingerprint density at radius 2 is 1.78 bits per heavy atom. The van der Waals surface area contributed by atoms with Crippen LogP contribution in [0, 0.1) is 0 Å². The molecule has 0 unspecified atom stereocenters. The lowest BCUT2D eigenvalue weighted by molar-refractivity contribution is 0.541. The Morgan fingerprint density at radius 1 is 1.22 bits per heavy atom. The number of sulfone groups is 1. The summed E-state index contributed by atoms with van der Waals surface area (Å²) in [5.74, 6) is 0.234. The van der Waals surface area contributed by atoms with Gasteiger partial charge in [-0.3, -0.25) is 0 Å². The molecule has 1 aliphatic rings. The maximum absolute atomic E-state index is 11.7. The average Bonchev–Trinajstić information content (AvgIpc) is 2.70. The molecular weight excluding hydrogens is 246 g/mol. The maximum Gasteiger partial charge on any atom is 0.153 e. The van der Waals surface area contributed by atoms with Crippen LogP contribution in [-0.2, 0) is 22.7 Å². The quantitative estimate of drug-likeness (QED) is 0.881. The first-order valence-corrected chi connectivity index (χ1v) is 8.22. The molecule has 2 rings (SSSR count). The van der Waals surface area contributed by atoms with Crippen LogP contribution in [0.4, 0.5) is 0 Å². The fraction of sp³-hybridized carbons (Fsp3) is 0.571. The SMILES string of the molecule is CC(C)S(=O)(=O)CCNC1Cc2ccccc2C1. The number of fused-ring (bicyclic) bond motifs is 1. The van der Waals surface area contributed by atoms with Crippen molar-refractivity contribution in [3.05, 3.63) is 35.4 Å². The summed E-state index contributed by atoms with van der Waals surface area (Å²) in [5.41, 5.74) is 2.78. The lowest BCUT2D eigenvalue weighted by Gasteiger charge is -2.13. The first kappa shape index (κ1) is 13.6. The molecule has 1 N–H and O–H groups in total. The van der Waals surface area contributed by atoms with Gasteiger partial charge in [0.1, 0.15) is 0 Å². The maximum atomic E-state index is 11.7. The standard InChI is InChI=1S/C14H21NO2S/c1-11(2)18(16,17)8-7-15-14-9-12-5-3-4-6-13(12)10-14/h3-6,11,14-15H,7-10H2,1-2H3. The second kappa shape index (κ2) is 5.41. The van der Waals surface area contributed by atoms with E-state index in [2.05, 4.69) is 29.6 Å². The Kier molecular flexibility index (Phi) is 4.07. The van der Waals surface area contributed by atoms with Crippen LogP contribution in [0.2, 0.25) is 0 Å². The topological polar surface area (TPSA) is 46.2 Å². The molecule has 0 atom stereocenters. The van der Waals surface area contributed by atoms with Gasteiger partial charge in [0, 0.05) is 12.6 Å². The van der Waals surface area contributed by atoms with E-state index in [0.29, 0.717) is 12.6 Å². The third kappa shape index (κ3) is 3.12. The molecule has 1 aromatic carbocycles. The molecule has 0 heterocycles. The molecule has 4 heteroatoms. The molecule has 0 radical (unpaired) electrons. The van der Waals surface area contributed by atoms with Crippen molar-refractivity contribution < 1.29 is 8.42 Å². The van der Waals surface area contributed by atoms with Crippen molar-refractivity contribution >= 4 is 9.84 Å². The van der Waals surface area contributed by atoms with Gasteiger partial charge < -0.3 is 5.32 Å². The smallest absolute Gasteiger partial charge is 0.153 e. The van der Waals surface area contributed by atoms with E-state index in [-0.39, 0.29) is 11.0 Å². The van der Waals surface area contributed by atoms with Crippen LogP contribution in [-0.4, -0.2) is 32.0 Å². The molecule has 0 saturated heterocycles. The molecule has 1 aliphatic carbocycles. The van der Waals surface area contributed by atoms with Crippen LogP contribution >= 0.6 is 0 Å². The van der Waals surface area contributed by atoms with E-state index < -0.39 is 9.84 Å². The van der Waals surface area contributed by atoms with Crippen molar-refractivity contribution in [2.75, 3.05) is 12.3 Å². The van der Waals surface area contributed by atoms with Gasteiger partial charge in [0.05, 0.1) is 11.0 Å². The van der Waals surface area contributed by atoms with Crippen molar-refractivity contribution in [2.24, 2.45) is 0 Å². The summed E-state index contributed by atoms with van der Waals surface area (Å²) in [6, 6.07) is 8.82. The minimum Gasteiger partial charge on any atom is -0.312 e. The Labute approximate surface area is 110 Å². The van der Waals surface area contributed by atoms with Crippen molar-refractivity contribution in [2.45, 2.75) is 38.0 Å². The van der Waals surface area contributed by atoms with E-state index in [0.717, 1.165) is 12.8 Å². The third-order valence-electron chi connectivity index (χ3n) is 3.59. The van der Waals surface area contributed by atoms with Crippen LogP contribution in [0.1, 0.15) is 25.0 Å². The van der Waals surface area contributed by atoms with Crippen molar-refractivity contribution in [1.82, 2.24) is 5.32 Å². The molecule has 0 bridgehead atoms. The highest BCUT2D eigenvalue weighted by Crippen LogP contribution is 2.21. The first-order chi connectivity index (χ1) is 8.49. The molecule has 0 saturated carbocycles. The number of benzene rings is 1. The van der Waals surface area contributed by atoms with Crippen LogP contribution in [0.15, 0.2) is 24.3 Å². The van der Waals surface area contributed by atoms with Gasteiger partial charge in [-0.1, -0.05) is 24.3 Å². The molecule has 0 aromatic heterocycles. The summed E-state index contributed by atoms with van der Waals surface area (Å²) < 4.78 is 23.4. The minimum atomic E-state index is -2.92. The molecule has 0 fully saturated rings. The average molecular weight is 267 g/mol. The van der Waals surface area contributed by atoms with Crippen molar-refractivity contribution in [3.63, 3.8) is 0 Å². The fourth-order valence-corrected chi connectivity index (χ4v) is 3.22. The zero-order valence-corrected chi connectivity index (χ0v) is 11.8. The predicted octanol–water partition coefficient (Wildman–Crippen LogP) is 1.57. The zero-order chi connectivity index (χ0) is 13.2. The Bertz CT molecular complexity index is 483. The van der Waals surface area contributed by atoms with E-state index in [1.54, 1.807) is 13.8 Å². The third-order valence-corrected chi connectivity index (χ3v) is 5.80. The molecule has 0 amide bonds. The molecule has 0 spiro atoms. The van der Waals surface area contributed by atoms with Gasteiger partial charge in [0.25, 0.3) is 0 Å². The lowest BCUT2D eigenvalue weighted by Crippen LogP contribution is -2.35. The van der Waals surface area contributed by atoms with Gasteiger partial charge in [0.15, 0.2) is 9.84 Å². The minimum absolute atomic E-state index is 0.234. The van der Waals surface area contributed by atoms with Gasteiger partial charge >= 0.3 is 0 Å². The highest BCUT2D eigenvalue weighted by molar-refractivity contribution is 7.92. The summed E-state index contributed by atoms with van der Waals surface area (Å²) >= 11 is 0. The predicted molar refractivity (Wildman–Crippen MR) is 74.6 cm³/mol. The normalized spacial score (nSPS) is 16.2. The van der Waals surface area contributed by atoms with E-state index in [1.807, 2.05) is 0 Å². The van der Waals surface area contributed by atoms with E-state index in [4.69, 9.17) is 0 Å². The summed E-state index contributed by atoms with van der Waals surface area (Å²) in [6.07, 6.45) is 2.02. The van der Waals surface area contributed by atoms with Gasteiger partial charge in [-0.05, 0) is 37.8 Å². The second-order valence-corrected chi connectivity index (χ2v) is 7.92. The number of nitrogens with one attached hydrogen (secondary N) is 1. The molecule has 100 valence electrons. The zero-order valence-electron chi connectivity index (χ0n) is 11.0. The first-order valence-electron chi connectivity index (χ1n) is 6.51. The van der Waals surface area contributed by atoms with Crippen LogP contribution in [0.25, 0.3) is 0 Å². The van der Waals surface area contributed by atoms with Crippen molar-refractivity contribution in [1.29, 1.82) is 0 Å². The molecular formula is C14H21NO2S. The second-order valence-electron chi connectivity index (χ2n) is 5.24. The molecule has 0 aliphatic heterocycles. The molecule has 1 aromatic rings. The van der Waals surface area contributed by atoms with Crippen LogP contribution in [0.5, 0.6) is 0 Å². The fourth-order valence-electron chi connectivity index (χ4n) is 2.34. The van der Waals surface area contributed by atoms with Crippen molar-refractivity contribution in [3.8, 4) is 0 Å². The van der Waals surface area contributed by atoms with Gasteiger partial charge in [-0.15, -0.1) is 0 Å². The highest BCUT2D eigenvalue weighted by atomic mass is 32.2. The van der Waals surface area contributed by atoms with E-state index in [9.17, 15) is 8.42 Å². The van der Waals surface area contributed by atoms with Gasteiger partial charge in [-0.25, -0.2) is 8.42 Å². The number of hydrogen-bond donors (Lipinski definition) is 1. The summed E-state index contributed by atoms with van der Waals surface area (Å²) in [4.78, 5) is 0. The van der Waals surface area contributed by atoms with Crippen LogP contribution in [0.3, 0.4) is 0 Å². The van der Waals surface area contributed by atoms with Gasteiger partial charge in [-0.2, -0.15) is 0 Å². The summed E-state index contributed by atoms with van der Waals surface area (Å²) in [7, 11) is -2.92. The van der Waals surface area contributed by atoms with E-state index in [1.165, 1.54) is 11.1 Å². The molecule has 18 heavy (non-hydrogen) atoms. The number of rotatable bonds is 5. The highest BCUT2D eigenvalue weighted by Gasteiger charge is 2.21. The Balaban J connectivity index is 1.81.